The van der Waals surface area contributed by atoms with Crippen molar-refractivity contribution >= 4 is 24.2 Å². The van der Waals surface area contributed by atoms with Crippen molar-refractivity contribution in [3.05, 3.63) is 0 Å². The highest BCUT2D eigenvalue weighted by molar-refractivity contribution is 7.95. The maximum atomic E-state index is 11.6. The molecule has 0 aliphatic rings. The predicted octanol–water partition coefficient (Wildman–Crippen LogP) is 1.52. The van der Waals surface area contributed by atoms with Crippen LogP contribution in [0.5, 0.6) is 0 Å². The molecule has 0 aromatic rings. The van der Waals surface area contributed by atoms with Crippen molar-refractivity contribution in [1.29, 1.82) is 0 Å². The van der Waals surface area contributed by atoms with E-state index in [-0.39, 0.29) is 12.8 Å². The van der Waals surface area contributed by atoms with E-state index in [1.807, 2.05) is 0 Å². The summed E-state index contributed by atoms with van der Waals surface area (Å²) >= 11 is -0.780. The number of aldehydes is 1. The van der Waals surface area contributed by atoms with Gasteiger partial charge in [-0.05, 0) is 0 Å². The molecule has 0 aliphatic heterocycles. The average Bonchev–Trinajstić information content (AvgIpc) is 2.09. The summed E-state index contributed by atoms with van der Waals surface area (Å²) in [5.41, 5.74) is -4.56. The summed E-state index contributed by atoms with van der Waals surface area (Å²) < 4.78 is 38.8. The molecule has 0 atom stereocenters. The lowest BCUT2D eigenvalue weighted by Gasteiger charge is -2.15. The van der Waals surface area contributed by atoms with Crippen LogP contribution in [0.3, 0.4) is 0 Å². The fraction of sp³-hybridized carbons (Fsp3) is 0.667. The molecule has 0 fully saturated rings. The summed E-state index contributed by atoms with van der Waals surface area (Å²) in [5.74, 6) is -0.686. The van der Waals surface area contributed by atoms with Crippen molar-refractivity contribution in [3.8, 4) is 0 Å². The van der Waals surface area contributed by atoms with Gasteiger partial charge in [0.1, 0.15) is 18.3 Å². The number of hydroxylamine groups is 2. The molecule has 0 saturated heterocycles. The Morgan fingerprint density at radius 1 is 1.57 bits per heavy atom. The van der Waals surface area contributed by atoms with Crippen LogP contribution in [0.15, 0.2) is 0 Å². The molecule has 0 rings (SSSR count). The normalized spacial score (nSPS) is 11.1. The zero-order valence-corrected chi connectivity index (χ0v) is 8.02. The first kappa shape index (κ1) is 13.2. The molecule has 8 heteroatoms. The van der Waals surface area contributed by atoms with Crippen LogP contribution < -0.4 is 0 Å². The van der Waals surface area contributed by atoms with Crippen LogP contribution in [0.25, 0.3) is 0 Å². The molecule has 0 aromatic heterocycles. The number of hydrogen-bond donors (Lipinski definition) is 0. The Morgan fingerprint density at radius 2 is 2.14 bits per heavy atom. The number of alkyl halides is 3. The molecule has 1 amide bonds. The Kier molecular flexibility index (Phi) is 5.55. The Bertz CT molecular complexity index is 209. The third kappa shape index (κ3) is 6.72. The second kappa shape index (κ2) is 5.86. The summed E-state index contributed by atoms with van der Waals surface area (Å²) in [4.78, 5) is 20.7. The van der Waals surface area contributed by atoms with Gasteiger partial charge in [0.05, 0.1) is 0 Å². The van der Waals surface area contributed by atoms with Crippen molar-refractivity contribution in [2.45, 2.75) is 18.3 Å². The molecule has 4 nitrogen and oxygen atoms in total. The molecule has 0 spiro atoms. The van der Waals surface area contributed by atoms with Gasteiger partial charge in [-0.3, -0.25) is 4.79 Å². The minimum Gasteiger partial charge on any atom is -0.303 e. The van der Waals surface area contributed by atoms with Crippen molar-refractivity contribution in [2.75, 3.05) is 7.05 Å². The van der Waals surface area contributed by atoms with Gasteiger partial charge in [-0.25, -0.2) is 5.06 Å². The smallest absolute Gasteiger partial charge is 0.303 e. The Balaban J connectivity index is 3.78. The first-order valence-electron chi connectivity index (χ1n) is 3.49. The zero-order valence-electron chi connectivity index (χ0n) is 7.21. The highest BCUT2D eigenvalue weighted by atomic mass is 32.2. The molecule has 0 unspecified atom stereocenters. The van der Waals surface area contributed by atoms with Gasteiger partial charge in [0.25, 0.3) is 0 Å². The van der Waals surface area contributed by atoms with Gasteiger partial charge >= 0.3 is 5.51 Å². The third-order valence-electron chi connectivity index (χ3n) is 1.07. The molecule has 0 radical (unpaired) electrons. The number of amides is 1. The second-order valence-corrected chi connectivity index (χ2v) is 2.98. The van der Waals surface area contributed by atoms with Crippen LogP contribution in [-0.2, 0) is 13.9 Å². The summed E-state index contributed by atoms with van der Waals surface area (Å²) in [6.07, 6.45) is 0.296. The molecule has 14 heavy (non-hydrogen) atoms. The number of carbonyl (C=O) groups is 2. The van der Waals surface area contributed by atoms with E-state index in [0.717, 1.165) is 7.05 Å². The molecule has 0 heterocycles. The van der Waals surface area contributed by atoms with Gasteiger partial charge in [0.15, 0.2) is 0 Å². The topological polar surface area (TPSA) is 46.6 Å². The molecular weight excluding hydrogens is 223 g/mol. The van der Waals surface area contributed by atoms with Crippen molar-refractivity contribution in [2.24, 2.45) is 0 Å². The first-order valence-corrected chi connectivity index (χ1v) is 4.23. The highest BCUT2D eigenvalue weighted by Crippen LogP contribution is 2.31. The monoisotopic (exact) mass is 231 g/mol. The van der Waals surface area contributed by atoms with Crippen LogP contribution in [0.4, 0.5) is 13.2 Å². The average molecular weight is 231 g/mol. The number of nitrogens with zero attached hydrogens (tertiary/aromatic N) is 1. The largest absolute Gasteiger partial charge is 0.470 e. The predicted molar refractivity (Wildman–Crippen MR) is 42.8 cm³/mol. The maximum Gasteiger partial charge on any atom is 0.470 e. The fourth-order valence-corrected chi connectivity index (χ4v) is 0.759. The molecule has 0 saturated carbocycles. The third-order valence-corrected chi connectivity index (χ3v) is 1.56. The minimum absolute atomic E-state index is 0.0385. The molecule has 82 valence electrons. The lowest BCUT2D eigenvalue weighted by molar-refractivity contribution is -0.152. The standard InChI is InChI=1S/C6H8F3NO3S/c1-10(5(12)3-2-4-11)13-14-6(7,8)9/h4H,2-3H2,1H3. The van der Waals surface area contributed by atoms with Gasteiger partial charge in [-0.15, -0.1) is 0 Å². The summed E-state index contributed by atoms with van der Waals surface area (Å²) in [7, 11) is 1.05. The maximum absolute atomic E-state index is 11.6. The van der Waals surface area contributed by atoms with Crippen LogP contribution in [0.1, 0.15) is 12.8 Å². The molecular formula is C6H8F3NO3S. The van der Waals surface area contributed by atoms with E-state index in [9.17, 15) is 22.8 Å². The van der Waals surface area contributed by atoms with E-state index in [0.29, 0.717) is 11.3 Å². The highest BCUT2D eigenvalue weighted by Gasteiger charge is 2.32. The number of halogens is 3. The Labute approximate surface area is 82.5 Å². The molecule has 0 bridgehead atoms. The van der Waals surface area contributed by atoms with Gasteiger partial charge in [0.2, 0.25) is 5.91 Å². The Hall–Kier alpha value is -0.760. The van der Waals surface area contributed by atoms with E-state index in [2.05, 4.69) is 4.28 Å². The van der Waals surface area contributed by atoms with Gasteiger partial charge in [0, 0.05) is 19.9 Å². The quantitative estimate of drug-likeness (QED) is 0.409. The van der Waals surface area contributed by atoms with Crippen LogP contribution >= 0.6 is 12.0 Å². The van der Waals surface area contributed by atoms with Crippen molar-refractivity contribution in [3.63, 3.8) is 0 Å². The molecule has 0 aromatic carbocycles. The number of rotatable bonds is 5. The lowest BCUT2D eigenvalue weighted by atomic mass is 10.3. The SMILES string of the molecule is CN(OSC(F)(F)F)C(=O)CCC=O. The lowest BCUT2D eigenvalue weighted by Crippen LogP contribution is -2.25. The zero-order chi connectivity index (χ0) is 11.2. The van der Waals surface area contributed by atoms with Crippen LogP contribution in [-0.4, -0.2) is 29.8 Å². The van der Waals surface area contributed by atoms with Crippen LogP contribution in [0, 0.1) is 0 Å². The van der Waals surface area contributed by atoms with Crippen LogP contribution in [0.2, 0.25) is 0 Å². The van der Waals surface area contributed by atoms with Gasteiger partial charge < -0.3 is 4.79 Å². The summed E-state index contributed by atoms with van der Waals surface area (Å²) in [5, 5.41) is 0.446. The van der Waals surface area contributed by atoms with Gasteiger partial charge in [-0.1, -0.05) is 0 Å². The molecule has 0 aliphatic carbocycles. The van der Waals surface area contributed by atoms with E-state index in [1.54, 1.807) is 0 Å². The first-order chi connectivity index (χ1) is 6.37. The molecule has 0 N–H and O–H groups in total. The number of carbonyl (C=O) groups excluding carboxylic acids is 2. The fourth-order valence-electron chi connectivity index (χ4n) is 0.480. The van der Waals surface area contributed by atoms with E-state index in [1.165, 1.54) is 0 Å². The van der Waals surface area contributed by atoms with E-state index < -0.39 is 23.5 Å². The van der Waals surface area contributed by atoms with Crippen molar-refractivity contribution in [1.82, 2.24) is 5.06 Å². The van der Waals surface area contributed by atoms with Gasteiger partial charge in [-0.2, -0.15) is 17.5 Å². The minimum atomic E-state index is -4.56. The van der Waals surface area contributed by atoms with E-state index >= 15 is 0 Å². The van der Waals surface area contributed by atoms with Crippen molar-refractivity contribution < 1.29 is 27.0 Å². The summed E-state index contributed by atoms with van der Waals surface area (Å²) in [6.45, 7) is 0. The van der Waals surface area contributed by atoms with E-state index in [4.69, 9.17) is 0 Å². The Morgan fingerprint density at radius 3 is 2.57 bits per heavy atom. The summed E-state index contributed by atoms with van der Waals surface area (Å²) in [6, 6.07) is 0. The number of hydrogen-bond acceptors (Lipinski definition) is 4. The second-order valence-electron chi connectivity index (χ2n) is 2.20.